The SMILES string of the molecule is Cc1ccccc1NC(=O)/C(C#N)=C/c1ccc(OCc2cccc(F)c2)c(Cl)c1. The molecule has 0 aromatic heterocycles. The number of carbonyl (C=O) groups excluding carboxylic acids is 1. The molecule has 30 heavy (non-hydrogen) atoms. The average molecular weight is 421 g/mol. The predicted molar refractivity (Wildman–Crippen MR) is 116 cm³/mol. The van der Waals surface area contributed by atoms with E-state index in [0.29, 0.717) is 27.6 Å². The molecule has 3 aromatic rings. The largest absolute Gasteiger partial charge is 0.487 e. The highest BCUT2D eigenvalue weighted by Crippen LogP contribution is 2.27. The third-order valence-electron chi connectivity index (χ3n) is 4.31. The summed E-state index contributed by atoms with van der Waals surface area (Å²) < 4.78 is 18.9. The summed E-state index contributed by atoms with van der Waals surface area (Å²) in [6, 6.07) is 20.3. The highest BCUT2D eigenvalue weighted by atomic mass is 35.5. The number of hydrogen-bond donors (Lipinski definition) is 1. The first kappa shape index (κ1) is 21.1. The summed E-state index contributed by atoms with van der Waals surface area (Å²) in [4.78, 5) is 12.4. The fraction of sp³-hybridized carbons (Fsp3) is 0.0833. The number of nitriles is 1. The minimum absolute atomic E-state index is 0.0530. The third kappa shape index (κ3) is 5.47. The molecule has 3 rings (SSSR count). The van der Waals surface area contributed by atoms with Crippen LogP contribution in [0, 0.1) is 24.1 Å². The van der Waals surface area contributed by atoms with Crippen LogP contribution in [-0.4, -0.2) is 5.91 Å². The number of nitrogens with one attached hydrogen (secondary N) is 1. The molecule has 1 N–H and O–H groups in total. The second-order valence-corrected chi connectivity index (χ2v) is 6.95. The number of nitrogens with zero attached hydrogens (tertiary/aromatic N) is 1. The molecule has 0 radical (unpaired) electrons. The van der Waals surface area contributed by atoms with Gasteiger partial charge in [-0.25, -0.2) is 4.39 Å². The van der Waals surface area contributed by atoms with Crippen LogP contribution in [0.25, 0.3) is 6.08 Å². The lowest BCUT2D eigenvalue weighted by Gasteiger charge is -2.09. The standard InChI is InChI=1S/C24H18ClFN2O2/c1-16-5-2-3-8-22(16)28-24(29)19(14-27)11-17-9-10-23(21(25)13-17)30-15-18-6-4-7-20(26)12-18/h2-13H,15H2,1H3,(H,28,29)/b19-11+. The van der Waals surface area contributed by atoms with Crippen molar-refractivity contribution in [2.45, 2.75) is 13.5 Å². The van der Waals surface area contributed by atoms with Gasteiger partial charge in [-0.05, 0) is 60.0 Å². The lowest BCUT2D eigenvalue weighted by Crippen LogP contribution is -2.14. The highest BCUT2D eigenvalue weighted by molar-refractivity contribution is 6.32. The summed E-state index contributed by atoms with van der Waals surface area (Å²) in [5.74, 6) is -0.425. The van der Waals surface area contributed by atoms with E-state index >= 15 is 0 Å². The number of anilines is 1. The van der Waals surface area contributed by atoms with Crippen molar-refractivity contribution < 1.29 is 13.9 Å². The lowest BCUT2D eigenvalue weighted by atomic mass is 10.1. The molecule has 1 amide bonds. The van der Waals surface area contributed by atoms with Gasteiger partial charge < -0.3 is 10.1 Å². The first-order chi connectivity index (χ1) is 14.5. The molecular weight excluding hydrogens is 403 g/mol. The molecule has 0 aliphatic rings. The summed E-state index contributed by atoms with van der Waals surface area (Å²) >= 11 is 6.27. The van der Waals surface area contributed by atoms with Crippen LogP contribution in [0.2, 0.25) is 5.02 Å². The summed E-state index contributed by atoms with van der Waals surface area (Å²) in [6.45, 7) is 2.03. The van der Waals surface area contributed by atoms with Gasteiger partial charge in [0.15, 0.2) is 0 Å². The zero-order valence-corrected chi connectivity index (χ0v) is 16.9. The maximum Gasteiger partial charge on any atom is 0.266 e. The fourth-order valence-electron chi connectivity index (χ4n) is 2.73. The molecule has 0 unspecified atom stereocenters. The summed E-state index contributed by atoms with van der Waals surface area (Å²) in [6.07, 6.45) is 1.45. The molecule has 3 aromatic carbocycles. The van der Waals surface area contributed by atoms with E-state index < -0.39 is 5.91 Å². The summed E-state index contributed by atoms with van der Waals surface area (Å²) in [7, 11) is 0. The van der Waals surface area contributed by atoms with Gasteiger partial charge >= 0.3 is 0 Å². The van der Waals surface area contributed by atoms with E-state index in [1.54, 1.807) is 42.5 Å². The Hall–Kier alpha value is -3.62. The third-order valence-corrected chi connectivity index (χ3v) is 4.60. The van der Waals surface area contributed by atoms with E-state index in [1.165, 1.54) is 18.2 Å². The molecule has 0 saturated carbocycles. The first-order valence-corrected chi connectivity index (χ1v) is 9.49. The molecular formula is C24H18ClFN2O2. The van der Waals surface area contributed by atoms with Crippen LogP contribution in [-0.2, 0) is 11.4 Å². The van der Waals surface area contributed by atoms with Gasteiger partial charge in [-0.1, -0.05) is 48.0 Å². The molecule has 0 bridgehead atoms. The van der Waals surface area contributed by atoms with Crippen molar-refractivity contribution >= 4 is 29.3 Å². The smallest absolute Gasteiger partial charge is 0.266 e. The molecule has 0 saturated heterocycles. The lowest BCUT2D eigenvalue weighted by molar-refractivity contribution is -0.112. The van der Waals surface area contributed by atoms with Crippen LogP contribution in [0.5, 0.6) is 5.75 Å². The van der Waals surface area contributed by atoms with Crippen molar-refractivity contribution in [1.82, 2.24) is 0 Å². The number of hydrogen-bond acceptors (Lipinski definition) is 3. The second kappa shape index (κ2) is 9.73. The monoisotopic (exact) mass is 420 g/mol. The Morgan fingerprint density at radius 2 is 1.97 bits per heavy atom. The van der Waals surface area contributed by atoms with Crippen molar-refractivity contribution in [3.05, 3.63) is 99.8 Å². The number of rotatable bonds is 6. The van der Waals surface area contributed by atoms with Gasteiger partial charge in [-0.15, -0.1) is 0 Å². The number of halogens is 2. The Bertz CT molecular complexity index is 1150. The normalized spacial score (nSPS) is 10.9. The van der Waals surface area contributed by atoms with E-state index in [0.717, 1.165) is 5.56 Å². The van der Waals surface area contributed by atoms with E-state index in [9.17, 15) is 14.4 Å². The van der Waals surface area contributed by atoms with Gasteiger partial charge in [0.1, 0.15) is 29.8 Å². The van der Waals surface area contributed by atoms with E-state index in [2.05, 4.69) is 5.32 Å². The predicted octanol–water partition coefficient (Wildman–Crippen LogP) is 5.91. The number of aryl methyl sites for hydroxylation is 1. The molecule has 0 spiro atoms. The van der Waals surface area contributed by atoms with Crippen molar-refractivity contribution in [1.29, 1.82) is 5.26 Å². The molecule has 150 valence electrons. The Labute approximate surface area is 179 Å². The Kier molecular flexibility index (Phi) is 6.84. The molecule has 0 aliphatic carbocycles. The van der Waals surface area contributed by atoms with Crippen molar-refractivity contribution in [3.63, 3.8) is 0 Å². The van der Waals surface area contributed by atoms with Crippen LogP contribution in [0.4, 0.5) is 10.1 Å². The Morgan fingerprint density at radius 3 is 2.67 bits per heavy atom. The maximum atomic E-state index is 13.3. The molecule has 0 aliphatic heterocycles. The van der Waals surface area contributed by atoms with Crippen molar-refractivity contribution in [3.8, 4) is 11.8 Å². The number of amides is 1. The maximum absolute atomic E-state index is 13.3. The average Bonchev–Trinajstić information content (AvgIpc) is 2.73. The van der Waals surface area contributed by atoms with Gasteiger partial charge in [0.25, 0.3) is 5.91 Å². The number of para-hydroxylation sites is 1. The number of ether oxygens (including phenoxy) is 1. The van der Waals surface area contributed by atoms with Gasteiger partial charge in [0, 0.05) is 5.69 Å². The topological polar surface area (TPSA) is 62.1 Å². The Morgan fingerprint density at radius 1 is 1.17 bits per heavy atom. The first-order valence-electron chi connectivity index (χ1n) is 9.12. The Balaban J connectivity index is 1.72. The fourth-order valence-corrected chi connectivity index (χ4v) is 2.97. The van der Waals surface area contributed by atoms with Crippen molar-refractivity contribution in [2.24, 2.45) is 0 Å². The van der Waals surface area contributed by atoms with Crippen LogP contribution >= 0.6 is 11.6 Å². The zero-order chi connectivity index (χ0) is 21.5. The van der Waals surface area contributed by atoms with Gasteiger partial charge in [0.2, 0.25) is 0 Å². The summed E-state index contributed by atoms with van der Waals surface area (Å²) in [5.41, 5.74) is 2.74. The van der Waals surface area contributed by atoms with E-state index in [1.807, 2.05) is 25.1 Å². The van der Waals surface area contributed by atoms with Gasteiger partial charge in [-0.2, -0.15) is 5.26 Å². The van der Waals surface area contributed by atoms with Crippen LogP contribution in [0.15, 0.2) is 72.3 Å². The minimum Gasteiger partial charge on any atom is -0.487 e. The van der Waals surface area contributed by atoms with Crippen molar-refractivity contribution in [2.75, 3.05) is 5.32 Å². The number of carbonyl (C=O) groups is 1. The van der Waals surface area contributed by atoms with Crippen LogP contribution in [0.3, 0.4) is 0 Å². The molecule has 4 nitrogen and oxygen atoms in total. The van der Waals surface area contributed by atoms with Crippen LogP contribution < -0.4 is 10.1 Å². The second-order valence-electron chi connectivity index (χ2n) is 6.55. The molecule has 0 fully saturated rings. The van der Waals surface area contributed by atoms with E-state index in [4.69, 9.17) is 16.3 Å². The zero-order valence-electron chi connectivity index (χ0n) is 16.2. The molecule has 0 heterocycles. The minimum atomic E-state index is -0.505. The quantitative estimate of drug-likeness (QED) is 0.398. The van der Waals surface area contributed by atoms with Gasteiger partial charge in [-0.3, -0.25) is 4.79 Å². The van der Waals surface area contributed by atoms with Crippen LogP contribution in [0.1, 0.15) is 16.7 Å². The molecule has 6 heteroatoms. The number of benzene rings is 3. The van der Waals surface area contributed by atoms with E-state index in [-0.39, 0.29) is 18.0 Å². The highest BCUT2D eigenvalue weighted by Gasteiger charge is 2.11. The molecule has 0 atom stereocenters. The van der Waals surface area contributed by atoms with Gasteiger partial charge in [0.05, 0.1) is 5.02 Å². The summed E-state index contributed by atoms with van der Waals surface area (Å²) in [5, 5.41) is 12.4.